The fraction of sp³-hybridized carbons (Fsp3) is 0.580. The second-order valence-electron chi connectivity index (χ2n) is 23.7. The summed E-state index contributed by atoms with van der Waals surface area (Å²) < 4.78 is 68.2. The number of phosphoric ester groups is 2. The van der Waals surface area contributed by atoms with Gasteiger partial charge in [-0.1, -0.05) is 242 Å². The van der Waals surface area contributed by atoms with E-state index in [-0.39, 0.29) is 25.7 Å². The van der Waals surface area contributed by atoms with E-state index < -0.39 is 97.5 Å². The van der Waals surface area contributed by atoms with Crippen LogP contribution in [0.1, 0.15) is 246 Å². The molecule has 0 aliphatic carbocycles. The van der Waals surface area contributed by atoms with Gasteiger partial charge in [0.1, 0.15) is 19.3 Å². The summed E-state index contributed by atoms with van der Waals surface area (Å²) in [4.78, 5) is 72.7. The van der Waals surface area contributed by atoms with Gasteiger partial charge in [-0.15, -0.1) is 0 Å². The molecule has 0 aromatic heterocycles. The maximum Gasteiger partial charge on any atom is 0.472 e. The van der Waals surface area contributed by atoms with Gasteiger partial charge in [-0.05, 0) is 161 Å². The summed E-state index contributed by atoms with van der Waals surface area (Å²) >= 11 is 0. The lowest BCUT2D eigenvalue weighted by atomic mass is 10.1. The summed E-state index contributed by atoms with van der Waals surface area (Å²) in [5.41, 5.74) is 0. The van der Waals surface area contributed by atoms with Gasteiger partial charge in [0, 0.05) is 25.7 Å². The number of hydrogen-bond acceptors (Lipinski definition) is 15. The number of aliphatic hydroxyl groups excluding tert-OH is 1. The quantitative estimate of drug-likeness (QED) is 0.0169. The number of ether oxygens (including phenoxy) is 4. The van der Waals surface area contributed by atoms with Gasteiger partial charge in [0.05, 0.1) is 26.4 Å². The van der Waals surface area contributed by atoms with Crippen LogP contribution >= 0.6 is 15.6 Å². The number of carbonyl (C=O) groups is 4. The molecule has 0 rings (SSSR count). The van der Waals surface area contributed by atoms with Gasteiger partial charge < -0.3 is 33.8 Å². The molecule has 5 unspecified atom stereocenters. The number of unbranched alkanes of at least 4 members (excludes halogenated alkanes) is 11. The Morgan fingerprint density at radius 3 is 0.860 bits per heavy atom. The molecule has 0 amide bonds. The van der Waals surface area contributed by atoms with Crippen LogP contribution in [0.25, 0.3) is 0 Å². The van der Waals surface area contributed by atoms with Crippen molar-refractivity contribution in [3.8, 4) is 0 Å². The highest BCUT2D eigenvalue weighted by atomic mass is 31.2. The zero-order valence-corrected chi connectivity index (χ0v) is 63.1. The molecule has 0 saturated carbocycles. The molecule has 0 bridgehead atoms. The molecular weight excluding hydrogens is 1310 g/mol. The van der Waals surface area contributed by atoms with E-state index in [0.29, 0.717) is 44.9 Å². The SMILES string of the molecule is CC/C=C\C/C=C\C/C=C\C/C=C\C/C=C\CCCC(=O)OCC(COP(=O)(O)OCC(O)COP(=O)(O)OCC(COC(=O)CCC/C=C\C/C=C\C/C=C\C/C=C\C/C=C\CC)OC(=O)CCCCCCC/C=C\CCCC)OC(=O)CCCC/C=C\C/C=C\C/C=C\C/C=C\CC. The normalized spacial score (nSPS) is 15.0. The third-order valence-electron chi connectivity index (χ3n) is 14.3. The predicted molar refractivity (Wildman–Crippen MR) is 408 cm³/mol. The van der Waals surface area contributed by atoms with Crippen molar-refractivity contribution in [2.24, 2.45) is 0 Å². The largest absolute Gasteiger partial charge is 0.472 e. The number of carbonyl (C=O) groups excluding carboxylic acids is 4. The molecule has 564 valence electrons. The molecule has 100 heavy (non-hydrogen) atoms. The summed E-state index contributed by atoms with van der Waals surface area (Å²) in [6.45, 7) is 4.25. The molecule has 0 spiro atoms. The number of esters is 4. The van der Waals surface area contributed by atoms with Crippen molar-refractivity contribution < 1.29 is 80.2 Å². The summed E-state index contributed by atoms with van der Waals surface area (Å²) in [7, 11) is -10.0. The van der Waals surface area contributed by atoms with Gasteiger partial charge in [0.25, 0.3) is 0 Å². The minimum absolute atomic E-state index is 0.0217. The fourth-order valence-electron chi connectivity index (χ4n) is 8.79. The zero-order chi connectivity index (χ0) is 73.2. The molecule has 19 heteroatoms. The molecule has 0 fully saturated rings. The van der Waals surface area contributed by atoms with Crippen molar-refractivity contribution in [1.29, 1.82) is 0 Å². The van der Waals surface area contributed by atoms with E-state index in [0.717, 1.165) is 141 Å². The molecule has 0 aromatic carbocycles. The van der Waals surface area contributed by atoms with Gasteiger partial charge in [0.2, 0.25) is 0 Å². The first kappa shape index (κ1) is 94.2. The number of phosphoric acid groups is 2. The average molecular weight is 1440 g/mol. The smallest absolute Gasteiger partial charge is 0.462 e. The molecule has 0 aliphatic heterocycles. The number of rotatable bonds is 67. The molecule has 0 aromatic rings. The molecule has 0 aliphatic rings. The number of hydrogen-bond donors (Lipinski definition) is 3. The van der Waals surface area contributed by atoms with Crippen LogP contribution in [0.2, 0.25) is 0 Å². The summed E-state index contributed by atoms with van der Waals surface area (Å²) in [6.07, 6.45) is 84.9. The first-order valence-corrected chi connectivity index (χ1v) is 40.0. The Morgan fingerprint density at radius 1 is 0.290 bits per heavy atom. The van der Waals surface area contributed by atoms with Gasteiger partial charge in [-0.25, -0.2) is 9.13 Å². The Morgan fingerprint density at radius 2 is 0.530 bits per heavy atom. The van der Waals surface area contributed by atoms with Crippen LogP contribution in [-0.4, -0.2) is 96.7 Å². The molecule has 0 heterocycles. The number of aliphatic hydroxyl groups is 1. The fourth-order valence-corrected chi connectivity index (χ4v) is 10.4. The summed E-state index contributed by atoms with van der Waals surface area (Å²) in [6, 6.07) is 0. The van der Waals surface area contributed by atoms with E-state index in [2.05, 4.69) is 180 Å². The van der Waals surface area contributed by atoms with E-state index >= 15 is 0 Å². The van der Waals surface area contributed by atoms with Crippen molar-refractivity contribution in [2.45, 2.75) is 264 Å². The number of allylic oxidation sites excluding steroid dienone is 30. The van der Waals surface area contributed by atoms with Crippen LogP contribution < -0.4 is 0 Å². The zero-order valence-electron chi connectivity index (χ0n) is 61.3. The van der Waals surface area contributed by atoms with Gasteiger partial charge in [-0.2, -0.15) is 0 Å². The molecule has 0 saturated heterocycles. The van der Waals surface area contributed by atoms with Crippen LogP contribution in [0, 0.1) is 0 Å². The second kappa shape index (κ2) is 71.6. The minimum atomic E-state index is -5.01. The summed E-state index contributed by atoms with van der Waals surface area (Å²) in [5.74, 6) is -2.39. The molecule has 17 nitrogen and oxygen atoms in total. The lowest BCUT2D eigenvalue weighted by Crippen LogP contribution is -2.30. The highest BCUT2D eigenvalue weighted by molar-refractivity contribution is 7.47. The molecule has 3 N–H and O–H groups in total. The van der Waals surface area contributed by atoms with Crippen LogP contribution in [0.5, 0.6) is 0 Å². The second-order valence-corrected chi connectivity index (χ2v) is 26.6. The van der Waals surface area contributed by atoms with E-state index in [1.807, 2.05) is 30.4 Å². The highest BCUT2D eigenvalue weighted by Gasteiger charge is 2.30. The monoisotopic (exact) mass is 1430 g/mol. The Balaban J connectivity index is 5.49. The van der Waals surface area contributed by atoms with Crippen molar-refractivity contribution in [3.63, 3.8) is 0 Å². The highest BCUT2D eigenvalue weighted by Crippen LogP contribution is 2.45. The summed E-state index contributed by atoms with van der Waals surface area (Å²) in [5, 5.41) is 10.6. The average Bonchev–Trinajstić information content (AvgIpc) is 1.02. The predicted octanol–water partition coefficient (Wildman–Crippen LogP) is 21.2. The maximum absolute atomic E-state index is 13.1. The Labute approximate surface area is 603 Å². The van der Waals surface area contributed by atoms with Crippen LogP contribution in [0.4, 0.5) is 0 Å². The van der Waals surface area contributed by atoms with Crippen LogP contribution in [-0.2, 0) is 65.4 Å². The van der Waals surface area contributed by atoms with Crippen LogP contribution in [0.3, 0.4) is 0 Å². The van der Waals surface area contributed by atoms with Crippen LogP contribution in [0.15, 0.2) is 182 Å². The van der Waals surface area contributed by atoms with Crippen molar-refractivity contribution in [3.05, 3.63) is 182 Å². The van der Waals surface area contributed by atoms with Crippen molar-refractivity contribution in [1.82, 2.24) is 0 Å². The first-order valence-electron chi connectivity index (χ1n) is 37.0. The first-order chi connectivity index (χ1) is 48.7. The van der Waals surface area contributed by atoms with E-state index in [4.69, 9.17) is 37.0 Å². The molecular formula is C81H128O17P2. The van der Waals surface area contributed by atoms with Crippen molar-refractivity contribution >= 4 is 39.5 Å². The van der Waals surface area contributed by atoms with E-state index in [9.17, 15) is 43.2 Å². The third kappa shape index (κ3) is 70.6. The van der Waals surface area contributed by atoms with Gasteiger partial charge in [-0.3, -0.25) is 37.3 Å². The third-order valence-corrected chi connectivity index (χ3v) is 16.2. The van der Waals surface area contributed by atoms with Crippen molar-refractivity contribution in [2.75, 3.05) is 39.6 Å². The molecule has 5 atom stereocenters. The van der Waals surface area contributed by atoms with Gasteiger partial charge >= 0.3 is 39.5 Å². The van der Waals surface area contributed by atoms with E-state index in [1.165, 1.54) is 6.42 Å². The molecule has 0 radical (unpaired) electrons. The lowest BCUT2D eigenvalue weighted by molar-refractivity contribution is -0.161. The minimum Gasteiger partial charge on any atom is -0.462 e. The Hall–Kier alpha value is -5.84. The maximum atomic E-state index is 13.1. The topological polar surface area (TPSA) is 237 Å². The van der Waals surface area contributed by atoms with Gasteiger partial charge in [0.15, 0.2) is 12.2 Å². The Bertz CT molecular complexity index is 2620. The Kier molecular flexibility index (Phi) is 67.4. The lowest BCUT2D eigenvalue weighted by Gasteiger charge is -2.21. The van der Waals surface area contributed by atoms with E-state index in [1.54, 1.807) is 0 Å². The standard InChI is InChI=1S/C81H128O17P2/c1-5-9-13-17-21-25-29-32-35-37-40-42-46-49-53-57-61-65-78(83)91-71-76(97-80(85)67-63-59-55-51-45-28-24-20-16-12-8-4)73-95-99(87,88)93-69-75(82)70-94-100(89,90)96-74-77(98-81(86)68-64-60-56-52-48-44-39-34-31-27-23-19-15-11-7-3)72-92-79(84)66-62-58-54-50-47-43-41-38-36-33-30-26-22-18-14-10-6-2/h9-11,13-15,20-27,32-36,39-43,48-50,52-54,75-77,82H,5-8,12,16-19,28-31,37-38,44-47,51,55-74H2,1-4H3,(H,87,88)(H,89,90)/b13-9-,14-10-,15-11-,24-20-,25-21-,26-22-,27-23-,35-32-,36-33-,39-34-,42-40-,43-41-,52-48-,53-49-,54-50-.